The average molecular weight is 412 g/mol. The van der Waals surface area contributed by atoms with Crippen LogP contribution in [0.25, 0.3) is 10.9 Å². The van der Waals surface area contributed by atoms with Gasteiger partial charge >= 0.3 is 0 Å². The first kappa shape index (κ1) is 18.0. The summed E-state index contributed by atoms with van der Waals surface area (Å²) < 4.78 is 33.4. The lowest BCUT2D eigenvalue weighted by molar-refractivity contribution is -0.118. The third-order valence-electron chi connectivity index (χ3n) is 5.27. The number of nitrogens with zero attached hydrogens (tertiary/aromatic N) is 2. The van der Waals surface area contributed by atoms with Gasteiger partial charge in [-0.3, -0.25) is 4.79 Å². The van der Waals surface area contributed by atoms with Gasteiger partial charge in [0.1, 0.15) is 5.75 Å². The maximum Gasteiger partial charge on any atom is 0.268 e. The number of hydrogen-bond donors (Lipinski definition) is 2. The van der Waals surface area contributed by atoms with Gasteiger partial charge in [-0.1, -0.05) is 6.07 Å². The molecule has 9 heteroatoms. The van der Waals surface area contributed by atoms with E-state index in [1.165, 1.54) is 16.1 Å². The van der Waals surface area contributed by atoms with Gasteiger partial charge in [-0.05, 0) is 30.3 Å². The van der Waals surface area contributed by atoms with Crippen molar-refractivity contribution >= 4 is 38.2 Å². The number of carbonyl (C=O) groups is 1. The van der Waals surface area contributed by atoms with Crippen LogP contribution in [0.3, 0.4) is 0 Å². The van der Waals surface area contributed by atoms with Gasteiger partial charge in [-0.2, -0.15) is 0 Å². The van der Waals surface area contributed by atoms with E-state index in [1.807, 2.05) is 24.3 Å². The summed E-state index contributed by atoms with van der Waals surface area (Å²) in [6.45, 7) is 3.44. The van der Waals surface area contributed by atoms with E-state index in [2.05, 4.69) is 15.5 Å². The normalized spacial score (nSPS) is 17.0. The first-order valence-corrected chi connectivity index (χ1v) is 10.9. The Balaban J connectivity index is 1.57. The standard InChI is InChI=1S/C20H20N4O4S/c25-20-13-28-19-12-14(4-5-16(19)22-20)29(26,27)24-9-6-15-17(2-1-3-18(15)24)23-10-7-21-8-11-23/h1-6,9,12,21H,7-8,10-11,13H2,(H,22,25). The molecule has 2 aliphatic rings. The molecule has 1 fully saturated rings. The van der Waals surface area contributed by atoms with Crippen molar-refractivity contribution in [2.24, 2.45) is 0 Å². The topological polar surface area (TPSA) is 92.7 Å². The summed E-state index contributed by atoms with van der Waals surface area (Å²) >= 11 is 0. The van der Waals surface area contributed by atoms with Gasteiger partial charge < -0.3 is 20.3 Å². The van der Waals surface area contributed by atoms with Crippen molar-refractivity contribution in [1.29, 1.82) is 0 Å². The molecule has 150 valence electrons. The van der Waals surface area contributed by atoms with Gasteiger partial charge in [0.15, 0.2) is 6.61 Å². The SMILES string of the molecule is O=C1COc2cc(S(=O)(=O)n3ccc4c(N5CCNCC5)cccc43)ccc2N1. The van der Waals surface area contributed by atoms with Gasteiger partial charge in [0, 0.05) is 49.5 Å². The van der Waals surface area contributed by atoms with Gasteiger partial charge in [-0.25, -0.2) is 12.4 Å². The highest BCUT2D eigenvalue weighted by Gasteiger charge is 2.24. The lowest BCUT2D eigenvalue weighted by Crippen LogP contribution is -2.43. The largest absolute Gasteiger partial charge is 0.482 e. The Morgan fingerprint density at radius 3 is 2.69 bits per heavy atom. The highest BCUT2D eigenvalue weighted by atomic mass is 32.2. The number of fused-ring (bicyclic) bond motifs is 2. The van der Waals surface area contributed by atoms with Gasteiger partial charge in [0.05, 0.1) is 16.1 Å². The number of hydrogen-bond acceptors (Lipinski definition) is 6. The van der Waals surface area contributed by atoms with Crippen molar-refractivity contribution in [1.82, 2.24) is 9.29 Å². The van der Waals surface area contributed by atoms with Crippen LogP contribution in [-0.2, 0) is 14.8 Å². The molecule has 2 aromatic carbocycles. The van der Waals surface area contributed by atoms with Gasteiger partial charge in [0.25, 0.3) is 15.9 Å². The van der Waals surface area contributed by atoms with Crippen LogP contribution >= 0.6 is 0 Å². The summed E-state index contributed by atoms with van der Waals surface area (Å²) in [6, 6.07) is 12.1. The van der Waals surface area contributed by atoms with E-state index >= 15 is 0 Å². The van der Waals surface area contributed by atoms with Crippen molar-refractivity contribution in [2.45, 2.75) is 4.90 Å². The number of benzene rings is 2. The van der Waals surface area contributed by atoms with Crippen molar-refractivity contribution < 1.29 is 17.9 Å². The first-order valence-electron chi connectivity index (χ1n) is 9.42. The lowest BCUT2D eigenvalue weighted by atomic mass is 10.2. The smallest absolute Gasteiger partial charge is 0.268 e. The predicted octanol–water partition coefficient (Wildman–Crippen LogP) is 1.62. The maximum atomic E-state index is 13.3. The molecule has 0 spiro atoms. The van der Waals surface area contributed by atoms with E-state index in [4.69, 9.17) is 4.74 Å². The quantitative estimate of drug-likeness (QED) is 0.679. The zero-order chi connectivity index (χ0) is 20.0. The third-order valence-corrected chi connectivity index (χ3v) is 6.96. The van der Waals surface area contributed by atoms with E-state index in [0.717, 1.165) is 37.3 Å². The number of rotatable bonds is 3. The molecule has 1 amide bonds. The number of aromatic nitrogens is 1. The highest BCUT2D eigenvalue weighted by molar-refractivity contribution is 7.90. The van der Waals surface area contributed by atoms with Crippen molar-refractivity contribution in [3.8, 4) is 5.75 Å². The van der Waals surface area contributed by atoms with E-state index in [0.29, 0.717) is 17.0 Å². The zero-order valence-corrected chi connectivity index (χ0v) is 16.4. The van der Waals surface area contributed by atoms with E-state index < -0.39 is 10.0 Å². The molecule has 5 rings (SSSR count). The average Bonchev–Trinajstić information content (AvgIpc) is 3.19. The molecule has 8 nitrogen and oxygen atoms in total. The summed E-state index contributed by atoms with van der Waals surface area (Å²) in [6.07, 6.45) is 1.59. The molecule has 0 unspecified atom stereocenters. The minimum Gasteiger partial charge on any atom is -0.482 e. The molecule has 29 heavy (non-hydrogen) atoms. The summed E-state index contributed by atoms with van der Waals surface area (Å²) in [5.74, 6) is 0.0913. The van der Waals surface area contributed by atoms with Crippen molar-refractivity contribution in [2.75, 3.05) is 43.0 Å². The molecule has 0 aliphatic carbocycles. The number of carbonyl (C=O) groups excluding carboxylic acids is 1. The van der Waals surface area contributed by atoms with Crippen LogP contribution in [0.4, 0.5) is 11.4 Å². The summed E-state index contributed by atoms with van der Waals surface area (Å²) in [7, 11) is -3.82. The number of piperazine rings is 1. The predicted molar refractivity (Wildman–Crippen MR) is 110 cm³/mol. The minimum atomic E-state index is -3.82. The molecule has 0 saturated carbocycles. The van der Waals surface area contributed by atoms with Crippen molar-refractivity contribution in [3.05, 3.63) is 48.7 Å². The second-order valence-corrected chi connectivity index (χ2v) is 8.87. The van der Waals surface area contributed by atoms with E-state index in [9.17, 15) is 13.2 Å². The second-order valence-electron chi connectivity index (χ2n) is 7.06. The lowest BCUT2D eigenvalue weighted by Gasteiger charge is -2.30. The molecule has 0 bridgehead atoms. The Morgan fingerprint density at radius 1 is 1.03 bits per heavy atom. The van der Waals surface area contributed by atoms with E-state index in [-0.39, 0.29) is 17.4 Å². The highest BCUT2D eigenvalue weighted by Crippen LogP contribution is 2.34. The van der Waals surface area contributed by atoms with Crippen LogP contribution in [0.1, 0.15) is 0 Å². The van der Waals surface area contributed by atoms with Crippen LogP contribution in [0.2, 0.25) is 0 Å². The fraction of sp³-hybridized carbons (Fsp3) is 0.250. The molecule has 3 heterocycles. The molecule has 2 aliphatic heterocycles. The molecule has 0 atom stereocenters. The van der Waals surface area contributed by atoms with Crippen LogP contribution in [0, 0.1) is 0 Å². The summed E-state index contributed by atoms with van der Waals surface area (Å²) in [5.41, 5.74) is 2.14. The maximum absolute atomic E-state index is 13.3. The van der Waals surface area contributed by atoms with Gasteiger partial charge in [-0.15, -0.1) is 0 Å². The van der Waals surface area contributed by atoms with Crippen LogP contribution < -0.4 is 20.3 Å². The van der Waals surface area contributed by atoms with E-state index in [1.54, 1.807) is 12.3 Å². The summed E-state index contributed by atoms with van der Waals surface area (Å²) in [5, 5.41) is 6.90. The second kappa shape index (κ2) is 6.78. The Labute approximate surface area is 168 Å². The van der Waals surface area contributed by atoms with Crippen LogP contribution in [0.15, 0.2) is 53.6 Å². The number of nitrogens with one attached hydrogen (secondary N) is 2. The molecule has 0 radical (unpaired) electrons. The van der Waals surface area contributed by atoms with Crippen LogP contribution in [0.5, 0.6) is 5.75 Å². The Hall–Kier alpha value is -3.04. The number of amides is 1. The molecule has 2 N–H and O–H groups in total. The fourth-order valence-electron chi connectivity index (χ4n) is 3.85. The first-order chi connectivity index (χ1) is 14.0. The molecular weight excluding hydrogens is 392 g/mol. The molecular formula is C20H20N4O4S. The molecule has 3 aromatic rings. The molecule has 1 aromatic heterocycles. The van der Waals surface area contributed by atoms with Crippen LogP contribution in [-0.4, -0.2) is 51.1 Å². The fourth-order valence-corrected chi connectivity index (χ4v) is 5.21. The Kier molecular flexibility index (Phi) is 4.21. The third kappa shape index (κ3) is 3.02. The Morgan fingerprint density at radius 2 is 1.86 bits per heavy atom. The number of ether oxygens (including phenoxy) is 1. The summed E-state index contributed by atoms with van der Waals surface area (Å²) in [4.78, 5) is 13.8. The molecule has 1 saturated heterocycles. The monoisotopic (exact) mass is 412 g/mol. The van der Waals surface area contributed by atoms with Gasteiger partial charge in [0.2, 0.25) is 0 Å². The zero-order valence-electron chi connectivity index (χ0n) is 15.6. The number of anilines is 2. The van der Waals surface area contributed by atoms with Crippen molar-refractivity contribution in [3.63, 3.8) is 0 Å². The minimum absolute atomic E-state index is 0.109. The Bertz CT molecular complexity index is 1210.